The van der Waals surface area contributed by atoms with E-state index in [1.165, 1.54) is 11.1 Å². The molecule has 0 unspecified atom stereocenters. The van der Waals surface area contributed by atoms with Gasteiger partial charge in [0, 0.05) is 11.9 Å². The highest BCUT2D eigenvalue weighted by Crippen LogP contribution is 2.10. The first kappa shape index (κ1) is 7.99. The fourth-order valence-corrected chi connectivity index (χ4v) is 1.09. The zero-order valence-electron chi connectivity index (χ0n) is 7.09. The summed E-state index contributed by atoms with van der Waals surface area (Å²) in [5.74, 6) is 0. The zero-order chi connectivity index (χ0) is 8.27. The summed E-state index contributed by atoms with van der Waals surface area (Å²) in [6.07, 6.45) is 4.83. The molecule has 1 nitrogen and oxygen atoms in total. The Bertz CT molecular complexity index is 264. The van der Waals surface area contributed by atoms with Gasteiger partial charge < -0.3 is 0 Å². The third-order valence-electron chi connectivity index (χ3n) is 1.76. The molecule has 1 aromatic heterocycles. The van der Waals surface area contributed by atoms with Gasteiger partial charge in [0.25, 0.3) is 0 Å². The third-order valence-corrected chi connectivity index (χ3v) is 1.76. The summed E-state index contributed by atoms with van der Waals surface area (Å²) in [4.78, 5) is 4.21. The topological polar surface area (TPSA) is 12.9 Å². The minimum Gasteiger partial charge on any atom is -0.261 e. The molecule has 58 valence electrons. The van der Waals surface area contributed by atoms with E-state index < -0.39 is 0 Å². The molecule has 0 aliphatic heterocycles. The van der Waals surface area contributed by atoms with E-state index in [0.717, 1.165) is 12.1 Å². The molecular formula is C10H13N. The summed E-state index contributed by atoms with van der Waals surface area (Å²) in [6.45, 7) is 7.87. The fourth-order valence-electron chi connectivity index (χ4n) is 1.09. The third kappa shape index (κ3) is 1.67. The van der Waals surface area contributed by atoms with Crippen molar-refractivity contribution >= 4 is 6.08 Å². The average Bonchev–Trinajstić information content (AvgIpc) is 2.04. The van der Waals surface area contributed by atoms with Crippen LogP contribution in [-0.2, 0) is 6.42 Å². The normalized spacial score (nSPS) is 9.64. The monoisotopic (exact) mass is 147 g/mol. The standard InChI is InChI=1S/C10H13N/c1-4-9-6-8(3)11-7-10(9)5-2/h4,6-7H,1,5H2,2-3H3. The second kappa shape index (κ2) is 3.33. The highest BCUT2D eigenvalue weighted by atomic mass is 14.7. The second-order valence-corrected chi connectivity index (χ2v) is 2.58. The fraction of sp³-hybridized carbons (Fsp3) is 0.300. The summed E-state index contributed by atoms with van der Waals surface area (Å²) < 4.78 is 0. The van der Waals surface area contributed by atoms with Gasteiger partial charge in [-0.3, -0.25) is 4.98 Å². The Morgan fingerprint density at radius 1 is 1.64 bits per heavy atom. The van der Waals surface area contributed by atoms with E-state index in [-0.39, 0.29) is 0 Å². The van der Waals surface area contributed by atoms with Crippen LogP contribution in [0.5, 0.6) is 0 Å². The molecule has 0 spiro atoms. The summed E-state index contributed by atoms with van der Waals surface area (Å²) in [5, 5.41) is 0. The maximum absolute atomic E-state index is 4.21. The van der Waals surface area contributed by atoms with Crippen LogP contribution in [0.1, 0.15) is 23.7 Å². The largest absolute Gasteiger partial charge is 0.261 e. The Hall–Kier alpha value is -1.11. The molecule has 0 saturated heterocycles. The van der Waals surface area contributed by atoms with Crippen molar-refractivity contribution in [1.82, 2.24) is 4.98 Å². The maximum Gasteiger partial charge on any atom is 0.0378 e. The molecule has 0 aromatic carbocycles. The SMILES string of the molecule is C=Cc1cc(C)ncc1CC. The van der Waals surface area contributed by atoms with Crippen LogP contribution in [0, 0.1) is 6.92 Å². The number of pyridine rings is 1. The van der Waals surface area contributed by atoms with Crippen molar-refractivity contribution in [2.45, 2.75) is 20.3 Å². The second-order valence-electron chi connectivity index (χ2n) is 2.58. The van der Waals surface area contributed by atoms with Gasteiger partial charge in [0.15, 0.2) is 0 Å². The van der Waals surface area contributed by atoms with E-state index in [0.29, 0.717) is 0 Å². The first-order valence-electron chi connectivity index (χ1n) is 3.86. The van der Waals surface area contributed by atoms with Gasteiger partial charge in [-0.15, -0.1) is 0 Å². The lowest BCUT2D eigenvalue weighted by atomic mass is 10.1. The van der Waals surface area contributed by atoms with Gasteiger partial charge in [-0.05, 0) is 30.5 Å². The number of aryl methyl sites for hydroxylation is 2. The number of aromatic nitrogens is 1. The van der Waals surface area contributed by atoms with Crippen molar-refractivity contribution in [3.63, 3.8) is 0 Å². The number of rotatable bonds is 2. The molecule has 11 heavy (non-hydrogen) atoms. The highest BCUT2D eigenvalue weighted by Gasteiger charge is 1.96. The highest BCUT2D eigenvalue weighted by molar-refractivity contribution is 5.51. The summed E-state index contributed by atoms with van der Waals surface area (Å²) in [7, 11) is 0. The molecule has 0 bridgehead atoms. The van der Waals surface area contributed by atoms with Crippen LogP contribution in [-0.4, -0.2) is 4.98 Å². The molecule has 1 heteroatoms. The molecule has 0 aliphatic carbocycles. The molecule has 1 aromatic rings. The molecular weight excluding hydrogens is 134 g/mol. The molecule has 1 rings (SSSR count). The van der Waals surface area contributed by atoms with Crippen LogP contribution in [0.25, 0.3) is 6.08 Å². The minimum absolute atomic E-state index is 1.02. The minimum atomic E-state index is 1.02. The van der Waals surface area contributed by atoms with Crippen molar-refractivity contribution < 1.29 is 0 Å². The Balaban J connectivity index is 3.16. The smallest absolute Gasteiger partial charge is 0.0378 e. The number of hydrogen-bond acceptors (Lipinski definition) is 1. The van der Waals surface area contributed by atoms with Crippen LogP contribution < -0.4 is 0 Å². The van der Waals surface area contributed by atoms with E-state index in [4.69, 9.17) is 0 Å². The molecule has 0 N–H and O–H groups in total. The predicted octanol–water partition coefficient (Wildman–Crippen LogP) is 2.60. The maximum atomic E-state index is 4.21. The van der Waals surface area contributed by atoms with Crippen LogP contribution in [0.15, 0.2) is 18.8 Å². The molecule has 0 amide bonds. The molecule has 1 heterocycles. The van der Waals surface area contributed by atoms with Gasteiger partial charge in [-0.2, -0.15) is 0 Å². The lowest BCUT2D eigenvalue weighted by Crippen LogP contribution is -1.90. The Kier molecular flexibility index (Phi) is 2.42. The molecule has 0 saturated carbocycles. The van der Waals surface area contributed by atoms with Crippen LogP contribution in [0.3, 0.4) is 0 Å². The summed E-state index contributed by atoms with van der Waals surface area (Å²) >= 11 is 0. The molecule has 0 atom stereocenters. The number of hydrogen-bond donors (Lipinski definition) is 0. The first-order chi connectivity index (χ1) is 5.27. The van der Waals surface area contributed by atoms with Crippen molar-refractivity contribution in [2.75, 3.05) is 0 Å². The summed E-state index contributed by atoms with van der Waals surface area (Å²) in [5.41, 5.74) is 3.53. The van der Waals surface area contributed by atoms with E-state index in [1.807, 2.05) is 19.2 Å². The van der Waals surface area contributed by atoms with Crippen molar-refractivity contribution in [1.29, 1.82) is 0 Å². The van der Waals surface area contributed by atoms with Crippen LogP contribution in [0.2, 0.25) is 0 Å². The van der Waals surface area contributed by atoms with E-state index in [9.17, 15) is 0 Å². The van der Waals surface area contributed by atoms with Gasteiger partial charge in [-0.1, -0.05) is 19.6 Å². The zero-order valence-corrected chi connectivity index (χ0v) is 7.09. The lowest BCUT2D eigenvalue weighted by molar-refractivity contribution is 1.07. The van der Waals surface area contributed by atoms with Crippen molar-refractivity contribution in [3.05, 3.63) is 35.7 Å². The predicted molar refractivity (Wildman–Crippen MR) is 48.4 cm³/mol. The van der Waals surface area contributed by atoms with Gasteiger partial charge in [-0.25, -0.2) is 0 Å². The number of nitrogens with zero attached hydrogens (tertiary/aromatic N) is 1. The van der Waals surface area contributed by atoms with Gasteiger partial charge >= 0.3 is 0 Å². The Labute approximate surface area is 67.8 Å². The van der Waals surface area contributed by atoms with Crippen molar-refractivity contribution in [2.24, 2.45) is 0 Å². The lowest BCUT2D eigenvalue weighted by Gasteiger charge is -2.02. The van der Waals surface area contributed by atoms with Crippen LogP contribution in [0.4, 0.5) is 0 Å². The van der Waals surface area contributed by atoms with Gasteiger partial charge in [0.1, 0.15) is 0 Å². The Morgan fingerprint density at radius 2 is 2.36 bits per heavy atom. The summed E-state index contributed by atoms with van der Waals surface area (Å²) in [6, 6.07) is 2.06. The quantitative estimate of drug-likeness (QED) is 0.626. The molecule has 0 aliphatic rings. The van der Waals surface area contributed by atoms with E-state index in [2.05, 4.69) is 24.6 Å². The molecule has 0 fully saturated rings. The van der Waals surface area contributed by atoms with Crippen molar-refractivity contribution in [3.8, 4) is 0 Å². The first-order valence-corrected chi connectivity index (χ1v) is 3.86. The van der Waals surface area contributed by atoms with Crippen LogP contribution >= 0.6 is 0 Å². The average molecular weight is 147 g/mol. The van der Waals surface area contributed by atoms with E-state index in [1.54, 1.807) is 0 Å². The molecule has 0 radical (unpaired) electrons. The Morgan fingerprint density at radius 3 is 2.91 bits per heavy atom. The van der Waals surface area contributed by atoms with Gasteiger partial charge in [0.05, 0.1) is 0 Å². The van der Waals surface area contributed by atoms with Gasteiger partial charge in [0.2, 0.25) is 0 Å². The van der Waals surface area contributed by atoms with E-state index >= 15 is 0 Å².